The molecule has 0 spiro atoms. The summed E-state index contributed by atoms with van der Waals surface area (Å²) < 4.78 is 1.46. The Bertz CT molecular complexity index is 684. The zero-order valence-electron chi connectivity index (χ0n) is 9.65. The van der Waals surface area contributed by atoms with Crippen LogP contribution in [0.1, 0.15) is 6.42 Å². The fourth-order valence-electron chi connectivity index (χ4n) is 2.04. The molecule has 0 aliphatic carbocycles. The van der Waals surface area contributed by atoms with E-state index in [9.17, 15) is 9.59 Å². The highest BCUT2D eigenvalue weighted by Crippen LogP contribution is 2.24. The summed E-state index contributed by atoms with van der Waals surface area (Å²) in [4.78, 5) is 28.1. The Morgan fingerprint density at radius 1 is 1.53 bits per heavy atom. The minimum atomic E-state index is -0.988. The van der Waals surface area contributed by atoms with Crippen LogP contribution in [-0.4, -0.2) is 38.1 Å². The van der Waals surface area contributed by atoms with Crippen LogP contribution in [0.15, 0.2) is 18.3 Å². The average Bonchev–Trinajstić information content (AvgIpc) is 2.93. The maximum absolute atomic E-state index is 11.8. The first-order valence-corrected chi connectivity index (χ1v) is 5.98. The zero-order valence-corrected chi connectivity index (χ0v) is 10.4. The third kappa shape index (κ3) is 1.91. The molecule has 98 valence electrons. The van der Waals surface area contributed by atoms with Gasteiger partial charge in [-0.1, -0.05) is 11.6 Å². The molecule has 1 aliphatic rings. The molecule has 0 radical (unpaired) electrons. The maximum atomic E-state index is 11.8. The number of carboxylic acids is 1. The molecule has 8 heteroatoms. The predicted octanol–water partition coefficient (Wildman–Crippen LogP) is 0.820. The van der Waals surface area contributed by atoms with E-state index in [2.05, 4.69) is 10.1 Å². The smallest absolute Gasteiger partial charge is 0.308 e. The predicted molar refractivity (Wildman–Crippen MR) is 66.1 cm³/mol. The van der Waals surface area contributed by atoms with Gasteiger partial charge in [0, 0.05) is 19.2 Å². The molecular weight excluding hydrogens is 272 g/mol. The molecule has 2 aromatic rings. The molecule has 0 bridgehead atoms. The van der Waals surface area contributed by atoms with E-state index in [1.165, 1.54) is 9.42 Å². The number of hydrogen-bond acceptors (Lipinski definition) is 4. The van der Waals surface area contributed by atoms with Crippen molar-refractivity contribution in [2.75, 3.05) is 11.4 Å². The number of aliphatic carboxylic acids is 1. The number of rotatable bonds is 2. The van der Waals surface area contributed by atoms with Gasteiger partial charge < -0.3 is 5.11 Å². The first kappa shape index (κ1) is 11.9. The van der Waals surface area contributed by atoms with Gasteiger partial charge in [-0.05, 0) is 12.1 Å². The number of carbonyl (C=O) groups is 2. The highest BCUT2D eigenvalue weighted by molar-refractivity contribution is 6.33. The van der Waals surface area contributed by atoms with Gasteiger partial charge in [-0.3, -0.25) is 14.5 Å². The molecule has 3 rings (SSSR count). The molecule has 0 saturated carbocycles. The molecule has 0 aromatic carbocycles. The van der Waals surface area contributed by atoms with Crippen molar-refractivity contribution in [3.63, 3.8) is 0 Å². The van der Waals surface area contributed by atoms with Crippen LogP contribution in [0.3, 0.4) is 0 Å². The second kappa shape index (κ2) is 4.20. The Kier molecular flexibility index (Phi) is 2.63. The van der Waals surface area contributed by atoms with E-state index >= 15 is 0 Å². The van der Waals surface area contributed by atoms with Gasteiger partial charge in [0.2, 0.25) is 5.91 Å². The van der Waals surface area contributed by atoms with Gasteiger partial charge in [0.25, 0.3) is 5.95 Å². The minimum Gasteiger partial charge on any atom is -0.481 e. The highest BCUT2D eigenvalue weighted by atomic mass is 35.5. The van der Waals surface area contributed by atoms with Crippen LogP contribution in [0.5, 0.6) is 0 Å². The molecule has 7 nitrogen and oxygen atoms in total. The van der Waals surface area contributed by atoms with Gasteiger partial charge in [0.15, 0.2) is 5.65 Å². The second-order valence-electron chi connectivity index (χ2n) is 4.28. The normalized spacial score (nSPS) is 19.3. The number of carboxylic acid groups (broad SMARTS) is 1. The van der Waals surface area contributed by atoms with Gasteiger partial charge in [-0.25, -0.2) is 4.52 Å². The third-order valence-electron chi connectivity index (χ3n) is 3.02. The van der Waals surface area contributed by atoms with Crippen molar-refractivity contribution < 1.29 is 14.7 Å². The summed E-state index contributed by atoms with van der Waals surface area (Å²) in [6.45, 7) is 0.0860. The second-order valence-corrected chi connectivity index (χ2v) is 4.69. The first-order chi connectivity index (χ1) is 9.06. The standard InChI is InChI=1S/C11H9ClN4O3/c12-7-2-1-3-16-9(7)13-11(14-16)15-5-6(10(18)19)4-8(15)17/h1-3,6H,4-5H2,(H,18,19). The van der Waals surface area contributed by atoms with E-state index in [1.54, 1.807) is 18.3 Å². The van der Waals surface area contributed by atoms with Gasteiger partial charge >= 0.3 is 5.97 Å². The van der Waals surface area contributed by atoms with Crippen molar-refractivity contribution in [3.8, 4) is 0 Å². The summed E-state index contributed by atoms with van der Waals surface area (Å²) in [5.41, 5.74) is 0.436. The maximum Gasteiger partial charge on any atom is 0.308 e. The van der Waals surface area contributed by atoms with Crippen molar-refractivity contribution >= 4 is 35.1 Å². The van der Waals surface area contributed by atoms with E-state index in [0.717, 1.165) is 0 Å². The van der Waals surface area contributed by atoms with Crippen LogP contribution in [-0.2, 0) is 9.59 Å². The van der Waals surface area contributed by atoms with Gasteiger partial charge in [-0.15, -0.1) is 5.10 Å². The van der Waals surface area contributed by atoms with Crippen molar-refractivity contribution in [2.45, 2.75) is 6.42 Å². The number of pyridine rings is 1. The van der Waals surface area contributed by atoms with Crippen LogP contribution >= 0.6 is 11.6 Å². The summed E-state index contributed by atoms with van der Waals surface area (Å²) in [5.74, 6) is -1.81. The lowest BCUT2D eigenvalue weighted by molar-refractivity contribution is -0.141. The number of nitrogens with zero attached hydrogens (tertiary/aromatic N) is 4. The minimum absolute atomic E-state index is 0.0291. The molecule has 1 aliphatic heterocycles. The van der Waals surface area contributed by atoms with E-state index in [1.807, 2.05) is 0 Å². The summed E-state index contributed by atoms with van der Waals surface area (Å²) in [7, 11) is 0. The number of carbonyl (C=O) groups excluding carboxylic acids is 1. The largest absolute Gasteiger partial charge is 0.481 e. The molecule has 1 N–H and O–H groups in total. The lowest BCUT2D eigenvalue weighted by Crippen LogP contribution is -2.26. The number of amides is 1. The van der Waals surface area contributed by atoms with Crippen LogP contribution in [0, 0.1) is 5.92 Å². The fraction of sp³-hybridized carbons (Fsp3) is 0.273. The zero-order chi connectivity index (χ0) is 13.6. The summed E-state index contributed by atoms with van der Waals surface area (Å²) in [5, 5.41) is 13.5. The molecule has 1 fully saturated rings. The molecule has 1 saturated heterocycles. The third-order valence-corrected chi connectivity index (χ3v) is 3.31. The SMILES string of the molecule is O=C(O)C1CC(=O)N(c2nc3c(Cl)cccn3n2)C1. The van der Waals surface area contributed by atoms with E-state index in [0.29, 0.717) is 10.7 Å². The molecule has 1 unspecified atom stereocenters. The number of aromatic nitrogens is 3. The van der Waals surface area contributed by atoms with Gasteiger partial charge in [-0.2, -0.15) is 4.98 Å². The monoisotopic (exact) mass is 280 g/mol. The van der Waals surface area contributed by atoms with Crippen molar-refractivity contribution in [2.24, 2.45) is 5.92 Å². The van der Waals surface area contributed by atoms with Crippen molar-refractivity contribution in [1.82, 2.24) is 14.6 Å². The van der Waals surface area contributed by atoms with Crippen LogP contribution in [0.4, 0.5) is 5.95 Å². The molecule has 19 heavy (non-hydrogen) atoms. The summed E-state index contributed by atoms with van der Waals surface area (Å²) in [6.07, 6.45) is 1.63. The van der Waals surface area contributed by atoms with Gasteiger partial charge in [0.05, 0.1) is 10.9 Å². The molecule has 1 atom stereocenters. The van der Waals surface area contributed by atoms with Crippen LogP contribution in [0.2, 0.25) is 5.02 Å². The Labute approximate surface area is 112 Å². The number of fused-ring (bicyclic) bond motifs is 1. The molecular formula is C11H9ClN4O3. The van der Waals surface area contributed by atoms with Crippen LogP contribution in [0.25, 0.3) is 5.65 Å². The number of anilines is 1. The lowest BCUT2D eigenvalue weighted by Gasteiger charge is -2.09. The highest BCUT2D eigenvalue weighted by Gasteiger charge is 2.37. The number of hydrogen-bond donors (Lipinski definition) is 1. The van der Waals surface area contributed by atoms with Crippen molar-refractivity contribution in [1.29, 1.82) is 0 Å². The van der Waals surface area contributed by atoms with Crippen molar-refractivity contribution in [3.05, 3.63) is 23.4 Å². The average molecular weight is 281 g/mol. The molecule has 2 aromatic heterocycles. The summed E-state index contributed by atoms with van der Waals surface area (Å²) in [6, 6.07) is 3.38. The summed E-state index contributed by atoms with van der Waals surface area (Å²) >= 11 is 5.97. The number of halogens is 1. The topological polar surface area (TPSA) is 87.8 Å². The Morgan fingerprint density at radius 2 is 2.32 bits per heavy atom. The van der Waals surface area contributed by atoms with E-state index < -0.39 is 11.9 Å². The van der Waals surface area contributed by atoms with Crippen LogP contribution < -0.4 is 4.90 Å². The van der Waals surface area contributed by atoms with E-state index in [-0.39, 0.29) is 24.8 Å². The Balaban J connectivity index is 1.99. The fourth-order valence-corrected chi connectivity index (χ4v) is 2.24. The lowest BCUT2D eigenvalue weighted by atomic mass is 10.1. The quantitative estimate of drug-likeness (QED) is 0.880. The molecule has 1 amide bonds. The van der Waals surface area contributed by atoms with E-state index in [4.69, 9.17) is 16.7 Å². The molecule has 3 heterocycles. The first-order valence-electron chi connectivity index (χ1n) is 5.60. The van der Waals surface area contributed by atoms with Gasteiger partial charge in [0.1, 0.15) is 0 Å². The Morgan fingerprint density at radius 3 is 2.95 bits per heavy atom. The Hall–Kier alpha value is -2.15.